The predicted octanol–water partition coefficient (Wildman–Crippen LogP) is 1.21. The van der Waals surface area contributed by atoms with Crippen LogP contribution in [0.5, 0.6) is 0 Å². The Labute approximate surface area is 53.5 Å². The molecule has 0 aromatic heterocycles. The van der Waals surface area contributed by atoms with Crippen LogP contribution in [0.3, 0.4) is 0 Å². The topological polar surface area (TPSA) is 18.5 Å². The number of halogens is 3. The lowest BCUT2D eigenvalue weighted by atomic mass is 10.6. The first kappa shape index (κ1) is 6.60. The molecule has 1 saturated heterocycles. The van der Waals surface area contributed by atoms with E-state index in [2.05, 4.69) is 21.7 Å². The molecule has 0 amide bonds. The van der Waals surface area contributed by atoms with Gasteiger partial charge in [-0.1, -0.05) is 0 Å². The van der Waals surface area contributed by atoms with Crippen molar-refractivity contribution in [1.29, 1.82) is 0 Å². The zero-order valence-electron chi connectivity index (χ0n) is 3.94. The smallest absolute Gasteiger partial charge is 0.411 e. The molecule has 1 rings (SSSR count). The Bertz CT molecular complexity index is 148. The second kappa shape index (κ2) is 1.73. The van der Waals surface area contributed by atoms with Gasteiger partial charge in [-0.3, -0.25) is 0 Å². The molecule has 1 aliphatic rings. The van der Waals surface area contributed by atoms with Crippen molar-refractivity contribution >= 4 is 17.5 Å². The summed E-state index contributed by atoms with van der Waals surface area (Å²) >= 11 is 3.98. The van der Waals surface area contributed by atoms with Crippen molar-refractivity contribution in [1.82, 2.24) is 0 Å². The van der Waals surface area contributed by atoms with Crippen molar-refractivity contribution < 1.29 is 22.6 Å². The van der Waals surface area contributed by atoms with E-state index in [0.717, 1.165) is 0 Å². The van der Waals surface area contributed by atoms with E-state index in [1.807, 2.05) is 0 Å². The molecule has 1 unspecified atom stereocenters. The van der Waals surface area contributed by atoms with Gasteiger partial charge >= 0.3 is 17.7 Å². The Morgan fingerprint density at radius 2 is 2.11 bits per heavy atom. The molecule has 0 aromatic carbocycles. The van der Waals surface area contributed by atoms with Crippen LogP contribution in [0.15, 0.2) is 0 Å². The molecule has 6 heteroatoms. The summed E-state index contributed by atoms with van der Waals surface area (Å²) in [6.07, 6.45) is -6.66. The SMILES string of the molecule is FC1OC(=S)OC1(F)F. The van der Waals surface area contributed by atoms with Gasteiger partial charge in [0.15, 0.2) is 0 Å². The molecular weight excluding hydrogens is 157 g/mol. The van der Waals surface area contributed by atoms with Crippen LogP contribution < -0.4 is 0 Å². The fraction of sp³-hybridized carbons (Fsp3) is 0.667. The van der Waals surface area contributed by atoms with Crippen LogP contribution in [0, 0.1) is 0 Å². The summed E-state index contributed by atoms with van der Waals surface area (Å²) < 4.78 is 42.5. The highest BCUT2D eigenvalue weighted by Crippen LogP contribution is 2.30. The van der Waals surface area contributed by atoms with Gasteiger partial charge in [0.1, 0.15) is 0 Å². The second-order valence-corrected chi connectivity index (χ2v) is 1.68. The van der Waals surface area contributed by atoms with Crippen LogP contribution in [-0.2, 0) is 9.47 Å². The molecule has 1 aliphatic heterocycles. The van der Waals surface area contributed by atoms with Gasteiger partial charge in [-0.25, -0.2) is 0 Å². The minimum atomic E-state index is -3.91. The number of rotatable bonds is 0. The van der Waals surface area contributed by atoms with Gasteiger partial charge in [0.2, 0.25) is 0 Å². The average molecular weight is 158 g/mol. The Morgan fingerprint density at radius 3 is 2.22 bits per heavy atom. The van der Waals surface area contributed by atoms with Gasteiger partial charge in [0.25, 0.3) is 0 Å². The molecule has 0 aliphatic carbocycles. The third-order valence-electron chi connectivity index (χ3n) is 0.683. The van der Waals surface area contributed by atoms with Crippen molar-refractivity contribution in [2.45, 2.75) is 12.5 Å². The second-order valence-electron chi connectivity index (χ2n) is 1.35. The van der Waals surface area contributed by atoms with Crippen LogP contribution in [0.2, 0.25) is 0 Å². The molecule has 0 radical (unpaired) electrons. The molecule has 2 nitrogen and oxygen atoms in total. The van der Waals surface area contributed by atoms with Gasteiger partial charge < -0.3 is 9.47 Å². The lowest BCUT2D eigenvalue weighted by Crippen LogP contribution is -2.25. The standard InChI is InChI=1S/C3HF3O2S/c4-1-3(5,6)8-2(9)7-1/h1H. The van der Waals surface area contributed by atoms with Gasteiger partial charge in [-0.15, -0.1) is 0 Å². The molecule has 0 saturated carbocycles. The molecule has 0 N–H and O–H groups in total. The highest BCUT2D eigenvalue weighted by molar-refractivity contribution is 7.79. The summed E-state index contributed by atoms with van der Waals surface area (Å²) in [4.78, 5) is 0. The van der Waals surface area contributed by atoms with E-state index in [9.17, 15) is 13.2 Å². The molecule has 0 spiro atoms. The summed E-state index contributed by atoms with van der Waals surface area (Å²) in [6, 6.07) is 0. The van der Waals surface area contributed by atoms with Crippen LogP contribution in [0.1, 0.15) is 0 Å². The molecule has 9 heavy (non-hydrogen) atoms. The van der Waals surface area contributed by atoms with Crippen LogP contribution in [-0.4, -0.2) is 17.7 Å². The maximum atomic E-state index is 11.8. The monoisotopic (exact) mass is 158 g/mol. The van der Waals surface area contributed by atoms with E-state index in [4.69, 9.17) is 0 Å². The molecule has 52 valence electrons. The minimum absolute atomic E-state index is 0.854. The van der Waals surface area contributed by atoms with Crippen molar-refractivity contribution in [3.8, 4) is 0 Å². The third-order valence-corrected chi connectivity index (χ3v) is 0.863. The quantitative estimate of drug-likeness (QED) is 0.493. The molecule has 0 bridgehead atoms. The van der Waals surface area contributed by atoms with E-state index >= 15 is 0 Å². The molecule has 1 atom stereocenters. The summed E-state index contributed by atoms with van der Waals surface area (Å²) in [5.74, 6) is 0. The number of alkyl halides is 3. The zero-order chi connectivity index (χ0) is 7.07. The molecular formula is C3HF3O2S. The van der Waals surface area contributed by atoms with Crippen LogP contribution >= 0.6 is 12.2 Å². The summed E-state index contributed by atoms with van der Waals surface area (Å²) in [5.41, 5.74) is 0. The third kappa shape index (κ3) is 1.07. The number of ether oxygens (including phenoxy) is 2. The zero-order valence-corrected chi connectivity index (χ0v) is 4.75. The van der Waals surface area contributed by atoms with Crippen molar-refractivity contribution in [2.75, 3.05) is 0 Å². The lowest BCUT2D eigenvalue weighted by molar-refractivity contribution is -0.229. The largest absolute Gasteiger partial charge is 0.471 e. The van der Waals surface area contributed by atoms with Gasteiger partial charge in [0, 0.05) is 12.2 Å². The van der Waals surface area contributed by atoms with E-state index in [1.54, 1.807) is 0 Å². The summed E-state index contributed by atoms with van der Waals surface area (Å²) in [7, 11) is 0. The first-order valence-electron chi connectivity index (χ1n) is 1.94. The molecule has 1 fully saturated rings. The maximum absolute atomic E-state index is 11.8. The normalized spacial score (nSPS) is 31.4. The first-order chi connectivity index (χ1) is 4.02. The molecule has 1 heterocycles. The van der Waals surface area contributed by atoms with Gasteiger partial charge in [0.05, 0.1) is 0 Å². The van der Waals surface area contributed by atoms with E-state index < -0.39 is 17.7 Å². The number of thiocarbonyl (C=S) groups is 1. The Morgan fingerprint density at radius 1 is 1.56 bits per heavy atom. The Balaban J connectivity index is 2.69. The van der Waals surface area contributed by atoms with Crippen LogP contribution in [0.4, 0.5) is 13.2 Å². The maximum Gasteiger partial charge on any atom is 0.471 e. The Hall–Kier alpha value is -0.520. The van der Waals surface area contributed by atoms with E-state index in [1.165, 1.54) is 0 Å². The van der Waals surface area contributed by atoms with E-state index in [0.29, 0.717) is 0 Å². The van der Waals surface area contributed by atoms with Gasteiger partial charge in [-0.2, -0.15) is 13.2 Å². The first-order valence-corrected chi connectivity index (χ1v) is 2.35. The van der Waals surface area contributed by atoms with Crippen LogP contribution in [0.25, 0.3) is 0 Å². The Kier molecular flexibility index (Phi) is 1.27. The number of hydrogen-bond acceptors (Lipinski definition) is 3. The summed E-state index contributed by atoms with van der Waals surface area (Å²) in [5, 5.41) is -0.854. The average Bonchev–Trinajstić information content (AvgIpc) is 1.79. The lowest BCUT2D eigenvalue weighted by Gasteiger charge is -2.03. The minimum Gasteiger partial charge on any atom is -0.411 e. The van der Waals surface area contributed by atoms with Gasteiger partial charge in [-0.05, 0) is 0 Å². The fourth-order valence-corrected chi connectivity index (χ4v) is 0.530. The number of hydrogen-bond donors (Lipinski definition) is 0. The summed E-state index contributed by atoms with van der Waals surface area (Å²) in [6.45, 7) is 0. The highest BCUT2D eigenvalue weighted by atomic mass is 32.1. The van der Waals surface area contributed by atoms with E-state index in [-0.39, 0.29) is 0 Å². The van der Waals surface area contributed by atoms with Crippen molar-refractivity contribution in [2.24, 2.45) is 0 Å². The predicted molar refractivity (Wildman–Crippen MR) is 24.6 cm³/mol. The van der Waals surface area contributed by atoms with Crippen molar-refractivity contribution in [3.05, 3.63) is 0 Å². The highest BCUT2D eigenvalue weighted by Gasteiger charge is 2.52. The fourth-order valence-electron chi connectivity index (χ4n) is 0.335. The van der Waals surface area contributed by atoms with Crippen molar-refractivity contribution in [3.63, 3.8) is 0 Å². The molecule has 0 aromatic rings.